The largest absolute Gasteiger partial charge is 0.346 e. The van der Waals surface area contributed by atoms with E-state index in [2.05, 4.69) is 32.5 Å². The predicted molar refractivity (Wildman–Crippen MR) is 97.3 cm³/mol. The van der Waals surface area contributed by atoms with Crippen LogP contribution in [0.25, 0.3) is 4.96 Å². The average molecular weight is 368 g/mol. The van der Waals surface area contributed by atoms with Gasteiger partial charge >= 0.3 is 0 Å². The first kappa shape index (κ1) is 16.4. The van der Waals surface area contributed by atoms with Crippen molar-refractivity contribution in [2.75, 3.05) is 5.32 Å². The molecule has 132 valence electrons. The molecule has 0 aliphatic heterocycles. The molecular weight excluding hydrogens is 352 g/mol. The summed E-state index contributed by atoms with van der Waals surface area (Å²) >= 11 is 1.29. The molecule has 0 saturated heterocycles. The molecule has 0 saturated carbocycles. The van der Waals surface area contributed by atoms with Crippen LogP contribution < -0.4 is 10.9 Å². The Morgan fingerprint density at radius 2 is 2.12 bits per heavy atom. The Hall–Kier alpha value is -3.07. The molecule has 1 unspecified atom stereocenters. The Kier molecular flexibility index (Phi) is 4.44. The summed E-state index contributed by atoms with van der Waals surface area (Å²) in [6.45, 7) is 2.06. The van der Waals surface area contributed by atoms with Crippen LogP contribution in [-0.4, -0.2) is 24.7 Å². The molecule has 26 heavy (non-hydrogen) atoms. The van der Waals surface area contributed by atoms with Crippen LogP contribution in [0.2, 0.25) is 0 Å². The summed E-state index contributed by atoms with van der Waals surface area (Å²) in [7, 11) is 0. The van der Waals surface area contributed by atoms with Gasteiger partial charge in [0.2, 0.25) is 16.0 Å². The average Bonchev–Trinajstić information content (AvgIpc) is 3.28. The minimum atomic E-state index is -0.346. The van der Waals surface area contributed by atoms with Crippen molar-refractivity contribution in [2.24, 2.45) is 0 Å². The lowest BCUT2D eigenvalue weighted by molar-refractivity contribution is 0.371. The zero-order valence-corrected chi connectivity index (χ0v) is 14.8. The van der Waals surface area contributed by atoms with Gasteiger partial charge in [-0.15, -0.1) is 5.10 Å². The molecule has 1 aromatic carbocycles. The normalized spacial score (nSPS) is 12.3. The van der Waals surface area contributed by atoms with Gasteiger partial charge in [0.15, 0.2) is 5.82 Å². The van der Waals surface area contributed by atoms with Crippen LogP contribution in [0.3, 0.4) is 0 Å². The summed E-state index contributed by atoms with van der Waals surface area (Å²) in [4.78, 5) is 21.1. The molecule has 0 amide bonds. The summed E-state index contributed by atoms with van der Waals surface area (Å²) in [6, 6.07) is 10.8. The lowest BCUT2D eigenvalue weighted by atomic mass is 10.1. The van der Waals surface area contributed by atoms with Gasteiger partial charge in [-0.1, -0.05) is 53.7 Å². The maximum atomic E-state index is 11.9. The molecule has 0 aliphatic rings. The second-order valence-corrected chi connectivity index (χ2v) is 6.62. The number of rotatable bonds is 6. The number of anilines is 1. The summed E-state index contributed by atoms with van der Waals surface area (Å²) < 4.78 is 6.61. The lowest BCUT2D eigenvalue weighted by Gasteiger charge is -2.14. The second kappa shape index (κ2) is 7.04. The molecule has 0 radical (unpaired) electrons. The highest BCUT2D eigenvalue weighted by atomic mass is 32.1. The van der Waals surface area contributed by atoms with E-state index in [1.807, 2.05) is 30.3 Å². The van der Waals surface area contributed by atoms with Crippen LogP contribution in [0, 0.1) is 0 Å². The first-order valence-electron chi connectivity index (χ1n) is 8.23. The third-order valence-electron chi connectivity index (χ3n) is 3.78. The van der Waals surface area contributed by atoms with E-state index in [1.165, 1.54) is 28.1 Å². The molecule has 0 bridgehead atoms. The number of hydrogen-bond donors (Lipinski definition) is 1. The van der Waals surface area contributed by atoms with Crippen LogP contribution in [0.15, 0.2) is 51.9 Å². The van der Waals surface area contributed by atoms with Crippen LogP contribution in [0.1, 0.15) is 36.7 Å². The summed E-state index contributed by atoms with van der Waals surface area (Å²) in [5, 5.41) is 12.3. The van der Waals surface area contributed by atoms with E-state index in [9.17, 15) is 4.79 Å². The summed E-state index contributed by atoms with van der Waals surface area (Å²) in [5.41, 5.74) is 0.747. The summed E-state index contributed by atoms with van der Waals surface area (Å²) in [5.74, 6) is 1.13. The molecule has 0 fully saturated rings. The van der Waals surface area contributed by atoms with Crippen molar-refractivity contribution in [1.29, 1.82) is 0 Å². The Balaban J connectivity index is 1.72. The highest BCUT2D eigenvalue weighted by Crippen LogP contribution is 2.27. The number of fused-ring (bicyclic) bond motifs is 1. The highest BCUT2D eigenvalue weighted by Gasteiger charge is 2.22. The maximum Gasteiger partial charge on any atom is 0.275 e. The van der Waals surface area contributed by atoms with Crippen molar-refractivity contribution >= 4 is 21.4 Å². The standard InChI is InChI=1S/C17H16N6O2S/c1-2-6-12-19-15(22-25-12)14(11-7-4-3-5-8-11)20-16-21-23-13(24)9-10-18-17(23)26-16/h3-5,7-10,14H,2,6H2,1H3,(H,20,21). The number of aromatic nitrogens is 5. The Bertz CT molecular complexity index is 1070. The Morgan fingerprint density at radius 1 is 1.27 bits per heavy atom. The number of aryl methyl sites for hydroxylation is 1. The van der Waals surface area contributed by atoms with Crippen molar-refractivity contribution in [3.63, 3.8) is 0 Å². The van der Waals surface area contributed by atoms with Crippen LogP contribution in [-0.2, 0) is 6.42 Å². The van der Waals surface area contributed by atoms with Crippen LogP contribution >= 0.6 is 11.3 Å². The van der Waals surface area contributed by atoms with Crippen molar-refractivity contribution in [2.45, 2.75) is 25.8 Å². The fourth-order valence-electron chi connectivity index (χ4n) is 2.57. The zero-order chi connectivity index (χ0) is 17.9. The molecular formula is C17H16N6O2S. The molecule has 1 atom stereocenters. The second-order valence-electron chi connectivity index (χ2n) is 5.67. The van der Waals surface area contributed by atoms with Crippen molar-refractivity contribution < 1.29 is 4.52 Å². The fourth-order valence-corrected chi connectivity index (χ4v) is 3.37. The SMILES string of the molecule is CCCc1nc(C(Nc2nn3c(=O)ccnc3s2)c2ccccc2)no1. The minimum Gasteiger partial charge on any atom is -0.346 e. The Labute approximate surface area is 152 Å². The zero-order valence-electron chi connectivity index (χ0n) is 14.0. The quantitative estimate of drug-likeness (QED) is 0.559. The van der Waals surface area contributed by atoms with Gasteiger partial charge in [0.25, 0.3) is 5.56 Å². The minimum absolute atomic E-state index is 0.222. The van der Waals surface area contributed by atoms with E-state index < -0.39 is 0 Å². The van der Waals surface area contributed by atoms with Gasteiger partial charge in [-0.2, -0.15) is 9.50 Å². The van der Waals surface area contributed by atoms with Gasteiger partial charge in [-0.05, 0) is 12.0 Å². The van der Waals surface area contributed by atoms with E-state index in [-0.39, 0.29) is 11.6 Å². The molecule has 4 rings (SSSR count). The van der Waals surface area contributed by atoms with Crippen LogP contribution in [0.4, 0.5) is 5.13 Å². The lowest BCUT2D eigenvalue weighted by Crippen LogP contribution is -2.16. The summed E-state index contributed by atoms with van der Waals surface area (Å²) in [6.07, 6.45) is 3.14. The maximum absolute atomic E-state index is 11.9. The highest BCUT2D eigenvalue weighted by molar-refractivity contribution is 7.20. The molecule has 4 aromatic rings. The number of benzene rings is 1. The Morgan fingerprint density at radius 3 is 2.88 bits per heavy atom. The van der Waals surface area contributed by atoms with Crippen molar-refractivity contribution in [3.05, 3.63) is 70.2 Å². The molecule has 1 N–H and O–H groups in total. The smallest absolute Gasteiger partial charge is 0.275 e. The van der Waals surface area contributed by atoms with E-state index in [4.69, 9.17) is 4.52 Å². The molecule has 3 heterocycles. The number of nitrogens with one attached hydrogen (secondary N) is 1. The third-order valence-corrected chi connectivity index (χ3v) is 4.63. The molecule has 0 spiro atoms. The number of nitrogens with zero attached hydrogens (tertiary/aromatic N) is 5. The monoisotopic (exact) mass is 368 g/mol. The first-order chi connectivity index (χ1) is 12.7. The molecule has 3 aromatic heterocycles. The van der Waals surface area contributed by atoms with Crippen LogP contribution in [0.5, 0.6) is 0 Å². The predicted octanol–water partition coefficient (Wildman–Crippen LogP) is 2.69. The van der Waals surface area contributed by atoms with Gasteiger partial charge in [-0.25, -0.2) is 4.98 Å². The molecule has 8 nitrogen and oxygen atoms in total. The molecule has 0 aliphatic carbocycles. The first-order valence-corrected chi connectivity index (χ1v) is 9.05. The van der Waals surface area contributed by atoms with Crippen molar-refractivity contribution in [1.82, 2.24) is 24.7 Å². The molecule has 9 heteroatoms. The van der Waals surface area contributed by atoms with Gasteiger partial charge in [0.1, 0.15) is 6.04 Å². The fraction of sp³-hybridized carbons (Fsp3) is 0.235. The van der Waals surface area contributed by atoms with Gasteiger partial charge in [-0.3, -0.25) is 4.79 Å². The van der Waals surface area contributed by atoms with Gasteiger partial charge in [0.05, 0.1) is 0 Å². The van der Waals surface area contributed by atoms with Crippen molar-refractivity contribution in [3.8, 4) is 0 Å². The third kappa shape index (κ3) is 3.21. The van der Waals surface area contributed by atoms with Gasteiger partial charge < -0.3 is 9.84 Å². The van der Waals surface area contributed by atoms with E-state index in [0.717, 1.165) is 18.4 Å². The van der Waals surface area contributed by atoms with Gasteiger partial charge in [0, 0.05) is 18.7 Å². The number of hydrogen-bond acceptors (Lipinski definition) is 8. The topological polar surface area (TPSA) is 98.2 Å². The van der Waals surface area contributed by atoms with E-state index >= 15 is 0 Å². The van der Waals surface area contributed by atoms with E-state index in [1.54, 1.807) is 0 Å². The van der Waals surface area contributed by atoms with E-state index in [0.29, 0.717) is 21.8 Å².